The van der Waals surface area contributed by atoms with Crippen LogP contribution in [0, 0.1) is 11.3 Å². The molecule has 1 aliphatic rings. The third-order valence-corrected chi connectivity index (χ3v) is 4.25. The van der Waals surface area contributed by atoms with Gasteiger partial charge in [-0.05, 0) is 24.3 Å². The van der Waals surface area contributed by atoms with Gasteiger partial charge in [0, 0.05) is 24.2 Å². The van der Waals surface area contributed by atoms with Gasteiger partial charge in [0.05, 0.1) is 17.6 Å². The molecule has 25 heavy (non-hydrogen) atoms. The summed E-state index contributed by atoms with van der Waals surface area (Å²) in [4.78, 5) is 18.6. The molecule has 3 aromatic rings. The van der Waals surface area contributed by atoms with Gasteiger partial charge in [0.1, 0.15) is 0 Å². The summed E-state index contributed by atoms with van der Waals surface area (Å²) in [6, 6.07) is 18.3. The fraction of sp³-hybridized carbons (Fsp3) is 0.158. The van der Waals surface area contributed by atoms with Gasteiger partial charge in [0.25, 0.3) is 5.91 Å². The summed E-state index contributed by atoms with van der Waals surface area (Å²) >= 11 is 0. The lowest BCUT2D eigenvalue weighted by Gasteiger charge is -2.37. The summed E-state index contributed by atoms with van der Waals surface area (Å²) < 4.78 is 5.35. The molecule has 0 N–H and O–H groups in total. The van der Waals surface area contributed by atoms with Crippen LogP contribution in [0.15, 0.2) is 59.1 Å². The Morgan fingerprint density at radius 1 is 1.12 bits per heavy atom. The van der Waals surface area contributed by atoms with Crippen molar-refractivity contribution in [3.8, 4) is 17.5 Å². The highest BCUT2D eigenvalue weighted by Crippen LogP contribution is 2.28. The SMILES string of the molecule is N#Cc1ccc(C(=O)N2CC(c3nc(-c4ccccc4)no3)C2)cc1. The lowest BCUT2D eigenvalue weighted by Crippen LogP contribution is -2.48. The van der Waals surface area contributed by atoms with E-state index in [2.05, 4.69) is 10.1 Å². The molecule has 1 aromatic heterocycles. The Balaban J connectivity index is 1.41. The van der Waals surface area contributed by atoms with Crippen LogP contribution in [-0.4, -0.2) is 34.0 Å². The van der Waals surface area contributed by atoms with E-state index in [1.165, 1.54) is 0 Å². The Labute approximate surface area is 144 Å². The fourth-order valence-corrected chi connectivity index (χ4v) is 2.78. The molecule has 1 fully saturated rings. The zero-order valence-corrected chi connectivity index (χ0v) is 13.3. The molecule has 1 amide bonds. The van der Waals surface area contributed by atoms with E-state index in [0.717, 1.165) is 5.56 Å². The number of rotatable bonds is 3. The smallest absolute Gasteiger partial charge is 0.253 e. The lowest BCUT2D eigenvalue weighted by atomic mass is 9.98. The molecule has 1 aliphatic heterocycles. The molecule has 2 heterocycles. The van der Waals surface area contributed by atoms with Crippen molar-refractivity contribution in [2.75, 3.05) is 13.1 Å². The van der Waals surface area contributed by atoms with E-state index in [1.807, 2.05) is 36.4 Å². The second-order valence-electron chi connectivity index (χ2n) is 5.92. The second-order valence-corrected chi connectivity index (χ2v) is 5.92. The molecule has 6 nitrogen and oxygen atoms in total. The molecule has 122 valence electrons. The van der Waals surface area contributed by atoms with Crippen molar-refractivity contribution in [2.24, 2.45) is 0 Å². The van der Waals surface area contributed by atoms with Gasteiger partial charge in [-0.3, -0.25) is 4.79 Å². The second kappa shape index (κ2) is 6.21. The first-order valence-electron chi connectivity index (χ1n) is 7.93. The molecular formula is C19H14N4O2. The Morgan fingerprint density at radius 3 is 2.52 bits per heavy atom. The highest BCUT2D eigenvalue weighted by molar-refractivity contribution is 5.95. The molecule has 4 rings (SSSR count). The number of carbonyl (C=O) groups is 1. The molecule has 0 atom stereocenters. The van der Waals surface area contributed by atoms with Crippen LogP contribution < -0.4 is 0 Å². The van der Waals surface area contributed by atoms with Gasteiger partial charge in [-0.15, -0.1) is 0 Å². The number of aromatic nitrogens is 2. The molecule has 2 aromatic carbocycles. The molecule has 0 aliphatic carbocycles. The van der Waals surface area contributed by atoms with E-state index in [1.54, 1.807) is 29.2 Å². The first-order valence-corrected chi connectivity index (χ1v) is 7.93. The van der Waals surface area contributed by atoms with Crippen molar-refractivity contribution in [3.63, 3.8) is 0 Å². The minimum Gasteiger partial charge on any atom is -0.339 e. The normalized spacial score (nSPS) is 14.0. The number of amides is 1. The number of nitriles is 1. The van der Waals surface area contributed by atoms with Gasteiger partial charge >= 0.3 is 0 Å². The van der Waals surface area contributed by atoms with Crippen molar-refractivity contribution in [1.29, 1.82) is 5.26 Å². The van der Waals surface area contributed by atoms with Crippen molar-refractivity contribution >= 4 is 5.91 Å². The Kier molecular flexibility index (Phi) is 3.75. The Bertz CT molecular complexity index is 936. The molecule has 0 bridgehead atoms. The van der Waals surface area contributed by atoms with E-state index in [4.69, 9.17) is 9.78 Å². The maximum absolute atomic E-state index is 12.4. The molecule has 0 saturated carbocycles. The van der Waals surface area contributed by atoms with E-state index >= 15 is 0 Å². The van der Waals surface area contributed by atoms with Crippen LogP contribution in [0.3, 0.4) is 0 Å². The van der Waals surface area contributed by atoms with E-state index in [-0.39, 0.29) is 11.8 Å². The van der Waals surface area contributed by atoms with E-state index in [0.29, 0.717) is 35.9 Å². The largest absolute Gasteiger partial charge is 0.339 e. The van der Waals surface area contributed by atoms with Crippen LogP contribution in [0.5, 0.6) is 0 Å². The molecular weight excluding hydrogens is 316 g/mol. The van der Waals surface area contributed by atoms with Crippen molar-refractivity contribution in [3.05, 3.63) is 71.6 Å². The van der Waals surface area contributed by atoms with Gasteiger partial charge in [0.15, 0.2) is 0 Å². The van der Waals surface area contributed by atoms with Crippen LogP contribution in [-0.2, 0) is 0 Å². The maximum atomic E-state index is 12.4. The van der Waals surface area contributed by atoms with Crippen molar-refractivity contribution in [2.45, 2.75) is 5.92 Å². The zero-order valence-electron chi connectivity index (χ0n) is 13.3. The van der Waals surface area contributed by atoms with E-state index < -0.39 is 0 Å². The Morgan fingerprint density at radius 2 is 1.84 bits per heavy atom. The van der Waals surface area contributed by atoms with Crippen LogP contribution >= 0.6 is 0 Å². The zero-order chi connectivity index (χ0) is 17.2. The lowest BCUT2D eigenvalue weighted by molar-refractivity contribution is 0.0569. The van der Waals surface area contributed by atoms with Crippen LogP contribution in [0.25, 0.3) is 11.4 Å². The summed E-state index contributed by atoms with van der Waals surface area (Å²) in [7, 11) is 0. The molecule has 1 saturated heterocycles. The average molecular weight is 330 g/mol. The molecule has 0 unspecified atom stereocenters. The standard InChI is InChI=1S/C19H14N4O2/c20-10-13-6-8-15(9-7-13)19(24)23-11-16(12-23)18-21-17(22-25-18)14-4-2-1-3-5-14/h1-9,16H,11-12H2. The number of nitrogens with zero attached hydrogens (tertiary/aromatic N) is 4. The molecule has 6 heteroatoms. The van der Waals surface area contributed by atoms with Gasteiger partial charge < -0.3 is 9.42 Å². The highest BCUT2D eigenvalue weighted by Gasteiger charge is 2.36. The van der Waals surface area contributed by atoms with E-state index in [9.17, 15) is 4.79 Å². The highest BCUT2D eigenvalue weighted by atomic mass is 16.5. The van der Waals surface area contributed by atoms with Gasteiger partial charge in [-0.25, -0.2) is 0 Å². The first kappa shape index (κ1) is 15.1. The van der Waals surface area contributed by atoms with Gasteiger partial charge in [-0.2, -0.15) is 10.2 Å². The summed E-state index contributed by atoms with van der Waals surface area (Å²) in [5.74, 6) is 1.13. The number of benzene rings is 2. The monoisotopic (exact) mass is 330 g/mol. The van der Waals surface area contributed by atoms with Gasteiger partial charge in [-0.1, -0.05) is 35.5 Å². The average Bonchev–Trinajstić information content (AvgIpc) is 3.11. The third kappa shape index (κ3) is 2.88. The minimum atomic E-state index is -0.0523. The topological polar surface area (TPSA) is 83.0 Å². The van der Waals surface area contributed by atoms with Gasteiger partial charge in [0.2, 0.25) is 11.7 Å². The summed E-state index contributed by atoms with van der Waals surface area (Å²) in [6.45, 7) is 1.10. The van der Waals surface area contributed by atoms with Crippen LogP contribution in [0.2, 0.25) is 0 Å². The third-order valence-electron chi connectivity index (χ3n) is 4.25. The predicted molar refractivity (Wildman–Crippen MR) is 89.5 cm³/mol. The van der Waals surface area contributed by atoms with Crippen LogP contribution in [0.4, 0.5) is 0 Å². The number of hydrogen-bond donors (Lipinski definition) is 0. The minimum absolute atomic E-state index is 0.0523. The summed E-state index contributed by atoms with van der Waals surface area (Å²) in [6.07, 6.45) is 0. The fourth-order valence-electron chi connectivity index (χ4n) is 2.78. The molecule has 0 spiro atoms. The van der Waals surface area contributed by atoms with Crippen LogP contribution in [0.1, 0.15) is 27.7 Å². The summed E-state index contributed by atoms with van der Waals surface area (Å²) in [5.41, 5.74) is 2.02. The predicted octanol–water partition coefficient (Wildman–Crippen LogP) is 2.85. The Hall–Kier alpha value is -3.46. The molecule has 0 radical (unpaired) electrons. The quantitative estimate of drug-likeness (QED) is 0.737. The number of carbonyl (C=O) groups excluding carboxylic acids is 1. The van der Waals surface area contributed by atoms with Crippen molar-refractivity contribution in [1.82, 2.24) is 15.0 Å². The number of hydrogen-bond acceptors (Lipinski definition) is 5. The maximum Gasteiger partial charge on any atom is 0.253 e. The van der Waals surface area contributed by atoms with Crippen molar-refractivity contribution < 1.29 is 9.32 Å². The summed E-state index contributed by atoms with van der Waals surface area (Å²) in [5, 5.41) is 12.8. The number of likely N-dealkylation sites (tertiary alicyclic amines) is 1. The first-order chi connectivity index (χ1) is 12.2.